The van der Waals surface area contributed by atoms with Gasteiger partial charge in [-0.1, -0.05) is 25.5 Å². The topological polar surface area (TPSA) is 52.3 Å². The van der Waals surface area contributed by atoms with E-state index in [0.717, 1.165) is 43.4 Å². The van der Waals surface area contributed by atoms with E-state index in [2.05, 4.69) is 0 Å². The quantitative estimate of drug-likeness (QED) is 0.738. The minimum absolute atomic E-state index is 0.0462. The van der Waals surface area contributed by atoms with Gasteiger partial charge in [-0.15, -0.1) is 0 Å². The highest BCUT2D eigenvalue weighted by Crippen LogP contribution is 2.27. The van der Waals surface area contributed by atoms with Gasteiger partial charge in [0.25, 0.3) is 0 Å². The van der Waals surface area contributed by atoms with E-state index >= 15 is 0 Å². The maximum absolute atomic E-state index is 12.4. The molecule has 20 heavy (non-hydrogen) atoms. The number of ketones is 1. The van der Waals surface area contributed by atoms with Crippen molar-refractivity contribution >= 4 is 5.78 Å². The molecule has 0 bridgehead atoms. The van der Waals surface area contributed by atoms with E-state index in [-0.39, 0.29) is 17.7 Å². The van der Waals surface area contributed by atoms with Gasteiger partial charge in [-0.3, -0.25) is 4.79 Å². The summed E-state index contributed by atoms with van der Waals surface area (Å²) in [4.78, 5) is 12.4. The van der Waals surface area contributed by atoms with E-state index in [1.54, 1.807) is 0 Å². The van der Waals surface area contributed by atoms with Crippen molar-refractivity contribution in [1.29, 1.82) is 0 Å². The van der Waals surface area contributed by atoms with E-state index in [0.29, 0.717) is 6.10 Å². The summed E-state index contributed by atoms with van der Waals surface area (Å²) in [6.07, 6.45) is 5.50. The van der Waals surface area contributed by atoms with Gasteiger partial charge in [-0.05, 0) is 44.7 Å². The molecular formula is C17H25NO2. The maximum Gasteiger partial charge on any atom is 0.165 e. The van der Waals surface area contributed by atoms with Crippen molar-refractivity contribution in [3.63, 3.8) is 0 Å². The molecule has 2 N–H and O–H groups in total. The first-order chi connectivity index (χ1) is 9.56. The molecule has 2 rings (SSSR count). The van der Waals surface area contributed by atoms with Gasteiger partial charge in [0, 0.05) is 17.5 Å². The number of ether oxygens (including phenoxy) is 1. The third-order valence-corrected chi connectivity index (χ3v) is 3.69. The molecule has 1 fully saturated rings. The second-order valence-electron chi connectivity index (χ2n) is 6.02. The molecule has 1 aliphatic carbocycles. The van der Waals surface area contributed by atoms with Crippen LogP contribution in [0.3, 0.4) is 0 Å². The van der Waals surface area contributed by atoms with Crippen molar-refractivity contribution in [3.8, 4) is 5.75 Å². The monoisotopic (exact) mass is 275 g/mol. The van der Waals surface area contributed by atoms with Crippen molar-refractivity contribution in [3.05, 3.63) is 29.8 Å². The Morgan fingerprint density at radius 1 is 1.35 bits per heavy atom. The molecule has 0 spiro atoms. The van der Waals surface area contributed by atoms with Crippen molar-refractivity contribution in [2.24, 2.45) is 11.7 Å². The van der Waals surface area contributed by atoms with Gasteiger partial charge < -0.3 is 10.5 Å². The van der Waals surface area contributed by atoms with Crippen LogP contribution in [-0.4, -0.2) is 17.9 Å². The molecular weight excluding hydrogens is 250 g/mol. The van der Waals surface area contributed by atoms with Crippen LogP contribution >= 0.6 is 0 Å². The Hall–Kier alpha value is -1.35. The van der Waals surface area contributed by atoms with Crippen molar-refractivity contribution in [1.82, 2.24) is 0 Å². The molecule has 1 saturated carbocycles. The van der Waals surface area contributed by atoms with E-state index < -0.39 is 0 Å². The highest BCUT2D eigenvalue weighted by Gasteiger charge is 2.24. The van der Waals surface area contributed by atoms with Crippen LogP contribution in [0.15, 0.2) is 24.3 Å². The summed E-state index contributed by atoms with van der Waals surface area (Å²) < 4.78 is 5.74. The largest absolute Gasteiger partial charge is 0.490 e. The van der Waals surface area contributed by atoms with Gasteiger partial charge in [0.05, 0.1) is 6.10 Å². The molecule has 0 aromatic heterocycles. The SMILES string of the molecule is CC(N)CCCC(C)C(=O)c1cccc(OC2CC2)c1. The summed E-state index contributed by atoms with van der Waals surface area (Å²) >= 11 is 0. The zero-order valence-electron chi connectivity index (χ0n) is 12.5. The van der Waals surface area contributed by atoms with E-state index in [9.17, 15) is 4.79 Å². The predicted octanol–water partition coefficient (Wildman–Crippen LogP) is 3.56. The van der Waals surface area contributed by atoms with Crippen molar-refractivity contribution in [2.45, 2.75) is 58.1 Å². The van der Waals surface area contributed by atoms with Gasteiger partial charge in [-0.2, -0.15) is 0 Å². The lowest BCUT2D eigenvalue weighted by molar-refractivity contribution is 0.0921. The molecule has 1 aromatic rings. The number of hydrogen-bond donors (Lipinski definition) is 1. The van der Waals surface area contributed by atoms with Gasteiger partial charge in [-0.25, -0.2) is 0 Å². The molecule has 110 valence electrons. The molecule has 1 aliphatic rings. The zero-order valence-corrected chi connectivity index (χ0v) is 12.5. The van der Waals surface area contributed by atoms with Crippen LogP contribution in [0.2, 0.25) is 0 Å². The van der Waals surface area contributed by atoms with Gasteiger partial charge in [0.2, 0.25) is 0 Å². The Labute approximate surface area is 121 Å². The molecule has 0 amide bonds. The fourth-order valence-electron chi connectivity index (χ4n) is 2.26. The molecule has 2 atom stereocenters. The summed E-state index contributed by atoms with van der Waals surface area (Å²) in [5.41, 5.74) is 6.50. The van der Waals surface area contributed by atoms with E-state index in [4.69, 9.17) is 10.5 Å². The summed E-state index contributed by atoms with van der Waals surface area (Å²) in [7, 11) is 0. The molecule has 3 nitrogen and oxygen atoms in total. The van der Waals surface area contributed by atoms with Gasteiger partial charge in [0.1, 0.15) is 5.75 Å². The first-order valence-electron chi connectivity index (χ1n) is 7.63. The molecule has 0 radical (unpaired) electrons. The lowest BCUT2D eigenvalue weighted by Crippen LogP contribution is -2.16. The standard InChI is InChI=1S/C17H25NO2/c1-12(5-3-6-13(2)18)17(19)14-7-4-8-16(11-14)20-15-9-10-15/h4,7-8,11-13,15H,3,5-6,9-10,18H2,1-2H3. The summed E-state index contributed by atoms with van der Waals surface area (Å²) in [6.45, 7) is 4.00. The average Bonchev–Trinajstić information content (AvgIpc) is 3.21. The second kappa shape index (κ2) is 6.89. The molecule has 3 heteroatoms. The number of rotatable bonds is 8. The molecule has 0 aliphatic heterocycles. The fourth-order valence-corrected chi connectivity index (χ4v) is 2.26. The van der Waals surface area contributed by atoms with Crippen LogP contribution in [0.1, 0.15) is 56.3 Å². The predicted molar refractivity (Wildman–Crippen MR) is 81.1 cm³/mol. The number of nitrogens with two attached hydrogens (primary N) is 1. The normalized spacial score (nSPS) is 17.6. The molecule has 1 aromatic carbocycles. The number of carbonyl (C=O) groups is 1. The third-order valence-electron chi connectivity index (χ3n) is 3.69. The molecule has 2 unspecified atom stereocenters. The van der Waals surface area contributed by atoms with Crippen LogP contribution in [-0.2, 0) is 0 Å². The van der Waals surface area contributed by atoms with Crippen molar-refractivity contribution in [2.75, 3.05) is 0 Å². The Morgan fingerprint density at radius 2 is 2.10 bits per heavy atom. The zero-order chi connectivity index (χ0) is 14.5. The Morgan fingerprint density at radius 3 is 2.75 bits per heavy atom. The first kappa shape index (κ1) is 15.0. The minimum atomic E-state index is 0.0462. The third kappa shape index (κ3) is 4.64. The first-order valence-corrected chi connectivity index (χ1v) is 7.63. The number of benzene rings is 1. The van der Waals surface area contributed by atoms with Crippen LogP contribution in [0.25, 0.3) is 0 Å². The summed E-state index contributed by atoms with van der Waals surface area (Å²) in [6, 6.07) is 7.80. The average molecular weight is 275 g/mol. The highest BCUT2D eigenvalue weighted by molar-refractivity contribution is 5.97. The minimum Gasteiger partial charge on any atom is -0.490 e. The number of carbonyl (C=O) groups excluding carboxylic acids is 1. The second-order valence-corrected chi connectivity index (χ2v) is 6.02. The van der Waals surface area contributed by atoms with Crippen LogP contribution in [0, 0.1) is 5.92 Å². The fraction of sp³-hybridized carbons (Fsp3) is 0.588. The summed E-state index contributed by atoms with van der Waals surface area (Å²) in [5.74, 6) is 1.07. The van der Waals surface area contributed by atoms with Gasteiger partial charge in [0.15, 0.2) is 5.78 Å². The van der Waals surface area contributed by atoms with Crippen LogP contribution in [0.4, 0.5) is 0 Å². The van der Waals surface area contributed by atoms with E-state index in [1.165, 1.54) is 0 Å². The molecule has 0 heterocycles. The number of Topliss-reactive ketones (excluding diaryl/α,β-unsaturated/α-hetero) is 1. The molecule has 0 saturated heterocycles. The Kier molecular flexibility index (Phi) is 5.18. The number of hydrogen-bond acceptors (Lipinski definition) is 3. The Balaban J connectivity index is 1.89. The van der Waals surface area contributed by atoms with Crippen LogP contribution < -0.4 is 10.5 Å². The van der Waals surface area contributed by atoms with Gasteiger partial charge >= 0.3 is 0 Å². The van der Waals surface area contributed by atoms with Crippen molar-refractivity contribution < 1.29 is 9.53 Å². The lowest BCUT2D eigenvalue weighted by atomic mass is 9.93. The smallest absolute Gasteiger partial charge is 0.165 e. The van der Waals surface area contributed by atoms with E-state index in [1.807, 2.05) is 38.1 Å². The summed E-state index contributed by atoms with van der Waals surface area (Å²) in [5, 5.41) is 0. The maximum atomic E-state index is 12.4. The Bertz CT molecular complexity index is 452. The highest BCUT2D eigenvalue weighted by atomic mass is 16.5. The van der Waals surface area contributed by atoms with Crippen LogP contribution in [0.5, 0.6) is 5.75 Å². The lowest BCUT2D eigenvalue weighted by Gasteiger charge is -2.12.